The van der Waals surface area contributed by atoms with Crippen LogP contribution in [0, 0.1) is 13.8 Å². The molecule has 0 atom stereocenters. The summed E-state index contributed by atoms with van der Waals surface area (Å²) in [6.07, 6.45) is 1.05. The van der Waals surface area contributed by atoms with Crippen molar-refractivity contribution in [1.29, 1.82) is 0 Å². The van der Waals surface area contributed by atoms with Gasteiger partial charge in [0, 0.05) is 5.56 Å². The number of aryl methyl sites for hydroxylation is 3. The zero-order chi connectivity index (χ0) is 13.4. The number of rotatable bonds is 2. The lowest BCUT2D eigenvalue weighted by molar-refractivity contribution is 0.619. The lowest BCUT2D eigenvalue weighted by atomic mass is 10.1. The predicted molar refractivity (Wildman–Crippen MR) is 78.3 cm³/mol. The van der Waals surface area contributed by atoms with Crippen LogP contribution in [0.5, 0.6) is 0 Å². The van der Waals surface area contributed by atoms with Crippen molar-refractivity contribution in [2.75, 3.05) is 0 Å². The summed E-state index contributed by atoms with van der Waals surface area (Å²) in [4.78, 5) is 4.57. The van der Waals surface area contributed by atoms with Gasteiger partial charge in [0.2, 0.25) is 5.89 Å². The second-order valence-electron chi connectivity index (χ2n) is 4.97. The molecule has 0 aliphatic rings. The van der Waals surface area contributed by atoms with Crippen molar-refractivity contribution in [2.45, 2.75) is 27.2 Å². The molecule has 0 radical (unpaired) electrons. The normalized spacial score (nSPS) is 11.1. The molecule has 96 valence electrons. The highest BCUT2D eigenvalue weighted by Gasteiger charge is 2.09. The fourth-order valence-corrected chi connectivity index (χ4v) is 2.19. The molecule has 19 heavy (non-hydrogen) atoms. The van der Waals surface area contributed by atoms with Crippen molar-refractivity contribution in [3.05, 3.63) is 53.1 Å². The number of hydrogen-bond acceptors (Lipinski definition) is 2. The van der Waals surface area contributed by atoms with Crippen molar-refractivity contribution in [1.82, 2.24) is 4.98 Å². The van der Waals surface area contributed by atoms with E-state index >= 15 is 0 Å². The summed E-state index contributed by atoms with van der Waals surface area (Å²) in [5.41, 5.74) is 6.62. The molecule has 1 heterocycles. The van der Waals surface area contributed by atoms with Gasteiger partial charge in [-0.1, -0.05) is 19.1 Å². The maximum absolute atomic E-state index is 5.85. The number of fused-ring (bicyclic) bond motifs is 1. The quantitative estimate of drug-likeness (QED) is 0.661. The first-order valence-corrected chi connectivity index (χ1v) is 6.64. The van der Waals surface area contributed by atoms with Crippen molar-refractivity contribution >= 4 is 11.1 Å². The van der Waals surface area contributed by atoms with E-state index in [-0.39, 0.29) is 0 Å². The van der Waals surface area contributed by atoms with Gasteiger partial charge in [0.15, 0.2) is 5.58 Å². The van der Waals surface area contributed by atoms with Crippen LogP contribution >= 0.6 is 0 Å². The first kappa shape index (κ1) is 12.0. The lowest BCUT2D eigenvalue weighted by Gasteiger charge is -1.97. The van der Waals surface area contributed by atoms with E-state index in [1.807, 2.05) is 0 Å². The molecule has 2 heteroatoms. The predicted octanol–water partition coefficient (Wildman–Crippen LogP) is 4.67. The molecule has 3 rings (SSSR count). The third-order valence-corrected chi connectivity index (χ3v) is 3.61. The number of benzene rings is 2. The molecule has 1 aromatic heterocycles. The van der Waals surface area contributed by atoms with E-state index in [9.17, 15) is 0 Å². The third-order valence-electron chi connectivity index (χ3n) is 3.61. The molecule has 0 spiro atoms. The average molecular weight is 251 g/mol. The Bertz CT molecular complexity index is 684. The summed E-state index contributed by atoms with van der Waals surface area (Å²) in [7, 11) is 0. The van der Waals surface area contributed by atoms with Gasteiger partial charge in [0.25, 0.3) is 0 Å². The van der Waals surface area contributed by atoms with Crippen LogP contribution < -0.4 is 0 Å². The molecule has 0 aliphatic carbocycles. The molecule has 2 nitrogen and oxygen atoms in total. The standard InChI is InChI=1S/C17H17NO/c1-4-13-5-7-14(8-6-13)17-18-15-9-11(2)12(3)10-16(15)19-17/h5-10H,4H2,1-3H3. The highest BCUT2D eigenvalue weighted by Crippen LogP contribution is 2.26. The lowest BCUT2D eigenvalue weighted by Crippen LogP contribution is -1.81. The zero-order valence-electron chi connectivity index (χ0n) is 11.5. The molecular formula is C17H17NO. The van der Waals surface area contributed by atoms with Crippen LogP contribution in [0.4, 0.5) is 0 Å². The van der Waals surface area contributed by atoms with E-state index in [0.29, 0.717) is 5.89 Å². The van der Waals surface area contributed by atoms with Gasteiger partial charge in [-0.15, -0.1) is 0 Å². The Labute approximate surface area is 113 Å². The van der Waals surface area contributed by atoms with Gasteiger partial charge in [-0.05, 0) is 61.2 Å². The van der Waals surface area contributed by atoms with E-state index < -0.39 is 0 Å². The number of nitrogens with zero attached hydrogens (tertiary/aromatic N) is 1. The molecule has 0 N–H and O–H groups in total. The van der Waals surface area contributed by atoms with Gasteiger partial charge >= 0.3 is 0 Å². The summed E-state index contributed by atoms with van der Waals surface area (Å²) in [5, 5.41) is 0. The van der Waals surface area contributed by atoms with Crippen molar-refractivity contribution < 1.29 is 4.42 Å². The third kappa shape index (κ3) is 2.14. The van der Waals surface area contributed by atoms with Gasteiger partial charge in [0.1, 0.15) is 5.52 Å². The Kier molecular flexibility index (Phi) is 2.86. The number of hydrogen-bond donors (Lipinski definition) is 0. The molecule has 0 aliphatic heterocycles. The largest absolute Gasteiger partial charge is 0.436 e. The Morgan fingerprint density at radius 3 is 2.37 bits per heavy atom. The van der Waals surface area contributed by atoms with Crippen LogP contribution in [-0.2, 0) is 6.42 Å². The van der Waals surface area contributed by atoms with Crippen LogP contribution in [0.2, 0.25) is 0 Å². The topological polar surface area (TPSA) is 26.0 Å². The van der Waals surface area contributed by atoms with Crippen LogP contribution in [0.1, 0.15) is 23.6 Å². The summed E-state index contributed by atoms with van der Waals surface area (Å²) >= 11 is 0. The van der Waals surface area contributed by atoms with Gasteiger partial charge in [0.05, 0.1) is 0 Å². The van der Waals surface area contributed by atoms with Crippen LogP contribution in [0.25, 0.3) is 22.6 Å². The van der Waals surface area contributed by atoms with Gasteiger partial charge < -0.3 is 4.42 Å². The van der Waals surface area contributed by atoms with E-state index in [4.69, 9.17) is 4.42 Å². The molecule has 2 aromatic carbocycles. The average Bonchev–Trinajstić information content (AvgIpc) is 2.82. The van der Waals surface area contributed by atoms with E-state index in [0.717, 1.165) is 23.1 Å². The molecule has 0 fully saturated rings. The summed E-state index contributed by atoms with van der Waals surface area (Å²) < 4.78 is 5.85. The number of oxazole rings is 1. The first-order valence-electron chi connectivity index (χ1n) is 6.64. The highest BCUT2D eigenvalue weighted by atomic mass is 16.3. The van der Waals surface area contributed by atoms with E-state index in [1.165, 1.54) is 16.7 Å². The van der Waals surface area contributed by atoms with E-state index in [2.05, 4.69) is 62.2 Å². The highest BCUT2D eigenvalue weighted by molar-refractivity contribution is 5.78. The van der Waals surface area contributed by atoms with Gasteiger partial charge in [-0.2, -0.15) is 0 Å². The minimum absolute atomic E-state index is 0.697. The Hall–Kier alpha value is -2.09. The fourth-order valence-electron chi connectivity index (χ4n) is 2.19. The monoisotopic (exact) mass is 251 g/mol. The van der Waals surface area contributed by atoms with E-state index in [1.54, 1.807) is 0 Å². The Balaban J connectivity index is 2.09. The molecule has 0 unspecified atom stereocenters. The molecule has 0 bridgehead atoms. The SMILES string of the molecule is CCc1ccc(-c2nc3cc(C)c(C)cc3o2)cc1. The van der Waals surface area contributed by atoms with Crippen LogP contribution in [0.15, 0.2) is 40.8 Å². The molecule has 0 saturated carbocycles. The Morgan fingerprint density at radius 2 is 1.68 bits per heavy atom. The van der Waals surface area contributed by atoms with Gasteiger partial charge in [-0.25, -0.2) is 4.98 Å². The second kappa shape index (κ2) is 4.54. The summed E-state index contributed by atoms with van der Waals surface area (Å²) in [6.45, 7) is 6.34. The van der Waals surface area contributed by atoms with Crippen molar-refractivity contribution in [2.24, 2.45) is 0 Å². The number of aromatic nitrogens is 1. The molecule has 0 amide bonds. The first-order chi connectivity index (χ1) is 9.17. The van der Waals surface area contributed by atoms with Crippen molar-refractivity contribution in [3.8, 4) is 11.5 Å². The molecule has 3 aromatic rings. The molecular weight excluding hydrogens is 234 g/mol. The maximum Gasteiger partial charge on any atom is 0.227 e. The second-order valence-corrected chi connectivity index (χ2v) is 4.97. The fraction of sp³-hybridized carbons (Fsp3) is 0.235. The molecule has 0 saturated heterocycles. The Morgan fingerprint density at radius 1 is 1.00 bits per heavy atom. The van der Waals surface area contributed by atoms with Crippen LogP contribution in [0.3, 0.4) is 0 Å². The maximum atomic E-state index is 5.85. The van der Waals surface area contributed by atoms with Crippen LogP contribution in [-0.4, -0.2) is 4.98 Å². The summed E-state index contributed by atoms with van der Waals surface area (Å²) in [6, 6.07) is 12.5. The van der Waals surface area contributed by atoms with Crippen molar-refractivity contribution in [3.63, 3.8) is 0 Å². The minimum Gasteiger partial charge on any atom is -0.436 e. The minimum atomic E-state index is 0.697. The summed E-state index contributed by atoms with van der Waals surface area (Å²) in [5.74, 6) is 0.697. The zero-order valence-corrected chi connectivity index (χ0v) is 11.5. The smallest absolute Gasteiger partial charge is 0.227 e. The van der Waals surface area contributed by atoms with Gasteiger partial charge in [-0.3, -0.25) is 0 Å².